The molecular formula is C15H20N2O6. The Morgan fingerprint density at radius 2 is 1.96 bits per heavy atom. The number of aliphatic carboxylic acids is 1. The van der Waals surface area contributed by atoms with E-state index < -0.39 is 36.4 Å². The molecule has 23 heavy (non-hydrogen) atoms. The van der Waals surface area contributed by atoms with Gasteiger partial charge in [-0.3, -0.25) is 9.59 Å². The maximum Gasteiger partial charge on any atom is 0.331 e. The minimum absolute atomic E-state index is 0.164. The lowest BCUT2D eigenvalue weighted by molar-refractivity contribution is -0.146. The van der Waals surface area contributed by atoms with Gasteiger partial charge >= 0.3 is 11.9 Å². The van der Waals surface area contributed by atoms with Gasteiger partial charge in [-0.2, -0.15) is 0 Å². The summed E-state index contributed by atoms with van der Waals surface area (Å²) in [6.07, 6.45) is -0.543. The third-order valence-corrected chi connectivity index (χ3v) is 3.03. The number of amides is 1. The van der Waals surface area contributed by atoms with E-state index in [1.54, 1.807) is 12.1 Å². The Kier molecular flexibility index (Phi) is 7.01. The second-order valence-electron chi connectivity index (χ2n) is 4.87. The Morgan fingerprint density at radius 1 is 1.30 bits per heavy atom. The van der Waals surface area contributed by atoms with Gasteiger partial charge in [0.2, 0.25) is 5.91 Å². The number of carboxylic acid groups (broad SMARTS) is 1. The van der Waals surface area contributed by atoms with Gasteiger partial charge in [0.05, 0.1) is 19.6 Å². The molecule has 0 spiro atoms. The van der Waals surface area contributed by atoms with Crippen LogP contribution in [0.25, 0.3) is 0 Å². The predicted octanol–water partition coefficient (Wildman–Crippen LogP) is -0.166. The molecule has 8 nitrogen and oxygen atoms in total. The lowest BCUT2D eigenvalue weighted by atomic mass is 10.2. The molecule has 0 saturated carbocycles. The standard InChI is InChI=1S/C15H20N2O6/c1-9-5-3-4-6-12(9)23-8-11(15(21)22-2)17-14(20)10(16)7-13(18)19/h3-6,10-11H,7-8,16H2,1-2H3,(H,17,20)(H,18,19)/t10-,11-/m0/s1. The molecule has 0 unspecified atom stereocenters. The van der Waals surface area contributed by atoms with Crippen LogP contribution in [0, 0.1) is 6.92 Å². The number of carbonyl (C=O) groups excluding carboxylic acids is 2. The second kappa shape index (κ2) is 8.74. The fraction of sp³-hybridized carbons (Fsp3) is 0.400. The lowest BCUT2D eigenvalue weighted by Gasteiger charge is -2.19. The summed E-state index contributed by atoms with van der Waals surface area (Å²) < 4.78 is 10.1. The number of carboxylic acids is 1. The number of aryl methyl sites for hydroxylation is 1. The number of methoxy groups -OCH3 is 1. The molecular weight excluding hydrogens is 304 g/mol. The molecule has 1 rings (SSSR count). The van der Waals surface area contributed by atoms with Gasteiger partial charge in [-0.25, -0.2) is 4.79 Å². The van der Waals surface area contributed by atoms with Crippen molar-refractivity contribution in [1.82, 2.24) is 5.32 Å². The second-order valence-corrected chi connectivity index (χ2v) is 4.87. The highest BCUT2D eigenvalue weighted by Crippen LogP contribution is 2.16. The fourth-order valence-corrected chi connectivity index (χ4v) is 1.76. The van der Waals surface area contributed by atoms with Gasteiger partial charge in [-0.1, -0.05) is 18.2 Å². The molecule has 1 aromatic rings. The van der Waals surface area contributed by atoms with Crippen molar-refractivity contribution < 1.29 is 29.0 Å². The number of esters is 1. The summed E-state index contributed by atoms with van der Waals surface area (Å²) in [5.41, 5.74) is 6.32. The first kappa shape index (κ1) is 18.4. The number of hydrogen-bond donors (Lipinski definition) is 3. The summed E-state index contributed by atoms with van der Waals surface area (Å²) in [7, 11) is 1.17. The van der Waals surface area contributed by atoms with E-state index in [0.717, 1.165) is 5.56 Å². The molecule has 126 valence electrons. The summed E-state index contributed by atoms with van der Waals surface area (Å²) in [6, 6.07) is 4.82. The van der Waals surface area contributed by atoms with Crippen LogP contribution in [0.4, 0.5) is 0 Å². The van der Waals surface area contributed by atoms with Crippen LogP contribution in [0.15, 0.2) is 24.3 Å². The van der Waals surface area contributed by atoms with Gasteiger partial charge in [0.15, 0.2) is 6.04 Å². The monoisotopic (exact) mass is 324 g/mol. The van der Waals surface area contributed by atoms with Crippen LogP contribution in [0.1, 0.15) is 12.0 Å². The largest absolute Gasteiger partial charge is 0.491 e. The molecule has 4 N–H and O–H groups in total. The number of benzene rings is 1. The van der Waals surface area contributed by atoms with Crippen molar-refractivity contribution in [3.8, 4) is 5.75 Å². The van der Waals surface area contributed by atoms with Gasteiger partial charge in [0.25, 0.3) is 0 Å². The molecule has 0 aromatic heterocycles. The maximum absolute atomic E-state index is 11.8. The zero-order chi connectivity index (χ0) is 17.4. The maximum atomic E-state index is 11.8. The Bertz CT molecular complexity index is 575. The minimum atomic E-state index is -1.27. The predicted molar refractivity (Wildman–Crippen MR) is 80.8 cm³/mol. The molecule has 8 heteroatoms. The van der Waals surface area contributed by atoms with Crippen molar-refractivity contribution in [2.24, 2.45) is 5.73 Å². The Hall–Kier alpha value is -2.61. The third kappa shape index (κ3) is 5.95. The van der Waals surface area contributed by atoms with Gasteiger partial charge in [0, 0.05) is 0 Å². The first-order valence-corrected chi connectivity index (χ1v) is 6.89. The van der Waals surface area contributed by atoms with Crippen molar-refractivity contribution in [2.45, 2.75) is 25.4 Å². The zero-order valence-corrected chi connectivity index (χ0v) is 12.9. The highest BCUT2D eigenvalue weighted by Gasteiger charge is 2.26. The number of nitrogens with one attached hydrogen (secondary N) is 1. The number of para-hydroxylation sites is 1. The molecule has 0 fully saturated rings. The van der Waals surface area contributed by atoms with Gasteiger partial charge < -0.3 is 25.6 Å². The van der Waals surface area contributed by atoms with Crippen molar-refractivity contribution in [3.05, 3.63) is 29.8 Å². The molecule has 2 atom stereocenters. The summed E-state index contributed by atoms with van der Waals surface area (Å²) in [6.45, 7) is 1.67. The molecule has 0 heterocycles. The van der Waals surface area contributed by atoms with E-state index in [1.807, 2.05) is 19.1 Å². The van der Waals surface area contributed by atoms with Gasteiger partial charge in [-0.05, 0) is 18.6 Å². The molecule has 0 radical (unpaired) electrons. The van der Waals surface area contributed by atoms with Gasteiger partial charge in [0.1, 0.15) is 12.4 Å². The highest BCUT2D eigenvalue weighted by atomic mass is 16.5. The van der Waals surface area contributed by atoms with Crippen LogP contribution < -0.4 is 15.8 Å². The molecule has 0 bridgehead atoms. The average molecular weight is 324 g/mol. The highest BCUT2D eigenvalue weighted by molar-refractivity contribution is 5.89. The Balaban J connectivity index is 2.70. The molecule has 0 aliphatic carbocycles. The normalized spacial score (nSPS) is 12.8. The van der Waals surface area contributed by atoms with Crippen LogP contribution in [-0.4, -0.2) is 48.8 Å². The van der Waals surface area contributed by atoms with Crippen LogP contribution in [0.5, 0.6) is 5.75 Å². The van der Waals surface area contributed by atoms with E-state index in [2.05, 4.69) is 10.1 Å². The van der Waals surface area contributed by atoms with Crippen LogP contribution >= 0.6 is 0 Å². The number of ether oxygens (including phenoxy) is 2. The van der Waals surface area contributed by atoms with Gasteiger partial charge in [-0.15, -0.1) is 0 Å². The molecule has 0 aliphatic rings. The van der Waals surface area contributed by atoms with Crippen molar-refractivity contribution in [1.29, 1.82) is 0 Å². The van der Waals surface area contributed by atoms with Crippen LogP contribution in [0.3, 0.4) is 0 Å². The SMILES string of the molecule is COC(=O)[C@H](COc1ccccc1C)NC(=O)[C@@H](N)CC(=O)O. The minimum Gasteiger partial charge on any atom is -0.491 e. The van der Waals surface area contributed by atoms with E-state index >= 15 is 0 Å². The summed E-state index contributed by atoms with van der Waals surface area (Å²) in [5.74, 6) is -2.13. The number of nitrogens with two attached hydrogens (primary N) is 1. The van der Waals surface area contributed by atoms with E-state index in [1.165, 1.54) is 7.11 Å². The number of carbonyl (C=O) groups is 3. The average Bonchev–Trinajstić information content (AvgIpc) is 2.51. The quantitative estimate of drug-likeness (QED) is 0.566. The van der Waals surface area contributed by atoms with Crippen LogP contribution in [0.2, 0.25) is 0 Å². The smallest absolute Gasteiger partial charge is 0.331 e. The number of rotatable bonds is 8. The van der Waals surface area contributed by atoms with Crippen LogP contribution in [-0.2, 0) is 19.1 Å². The number of hydrogen-bond acceptors (Lipinski definition) is 6. The molecule has 0 saturated heterocycles. The summed E-state index contributed by atoms with van der Waals surface area (Å²) in [4.78, 5) is 34.1. The molecule has 1 amide bonds. The first-order valence-electron chi connectivity index (χ1n) is 6.89. The van der Waals surface area contributed by atoms with Crippen molar-refractivity contribution in [2.75, 3.05) is 13.7 Å². The van der Waals surface area contributed by atoms with E-state index in [4.69, 9.17) is 15.6 Å². The zero-order valence-electron chi connectivity index (χ0n) is 12.9. The topological polar surface area (TPSA) is 128 Å². The molecule has 0 aliphatic heterocycles. The lowest BCUT2D eigenvalue weighted by Crippen LogP contribution is -2.51. The Labute approximate surface area is 133 Å². The summed E-state index contributed by atoms with van der Waals surface area (Å²) in [5, 5.41) is 11.0. The van der Waals surface area contributed by atoms with E-state index in [0.29, 0.717) is 5.75 Å². The summed E-state index contributed by atoms with van der Waals surface area (Å²) >= 11 is 0. The van der Waals surface area contributed by atoms with Crippen molar-refractivity contribution >= 4 is 17.8 Å². The molecule has 1 aromatic carbocycles. The van der Waals surface area contributed by atoms with Crippen molar-refractivity contribution in [3.63, 3.8) is 0 Å². The Morgan fingerprint density at radius 3 is 2.52 bits per heavy atom. The van der Waals surface area contributed by atoms with E-state index in [9.17, 15) is 14.4 Å². The fourth-order valence-electron chi connectivity index (χ4n) is 1.76. The first-order chi connectivity index (χ1) is 10.8. The third-order valence-electron chi connectivity index (χ3n) is 3.03. The van der Waals surface area contributed by atoms with E-state index in [-0.39, 0.29) is 6.61 Å².